The average molecular weight is 338 g/mol. The second kappa shape index (κ2) is 4.64. The first-order valence-electron chi connectivity index (χ1n) is 8.75. The van der Waals surface area contributed by atoms with Crippen LogP contribution in [0.25, 0.3) is 43.8 Å². The van der Waals surface area contributed by atoms with Crippen LogP contribution in [-0.2, 0) is 7.05 Å². The molecule has 26 heavy (non-hydrogen) atoms. The van der Waals surface area contributed by atoms with E-state index in [1.54, 1.807) is 6.26 Å². The summed E-state index contributed by atoms with van der Waals surface area (Å²) in [6.07, 6.45) is 3.85. The molecule has 2 aromatic heterocycles. The molecule has 0 atom stereocenters. The van der Waals surface area contributed by atoms with Gasteiger partial charge in [0.05, 0.1) is 11.8 Å². The van der Waals surface area contributed by atoms with Gasteiger partial charge in [0.15, 0.2) is 6.20 Å². The van der Waals surface area contributed by atoms with Crippen LogP contribution in [0.15, 0.2) is 65.4 Å². The van der Waals surface area contributed by atoms with Crippen molar-refractivity contribution in [3.05, 3.63) is 66.6 Å². The zero-order valence-corrected chi connectivity index (χ0v) is 14.5. The van der Waals surface area contributed by atoms with Gasteiger partial charge in [-0.05, 0) is 41.5 Å². The van der Waals surface area contributed by atoms with Crippen LogP contribution in [-0.4, -0.2) is 0 Å². The monoisotopic (exact) mass is 338 g/mol. The minimum atomic E-state index is 0.891. The van der Waals surface area contributed by atoms with Crippen molar-refractivity contribution in [2.75, 3.05) is 0 Å². The Bertz CT molecular complexity index is 1380. The minimum absolute atomic E-state index is 0.891. The maximum atomic E-state index is 6.42. The number of rotatable bonds is 0. The Labute approximate surface area is 150 Å². The molecule has 5 aromatic rings. The van der Waals surface area contributed by atoms with Crippen LogP contribution in [0.5, 0.6) is 11.5 Å². The van der Waals surface area contributed by atoms with Crippen LogP contribution < -0.4 is 9.30 Å². The summed E-state index contributed by atoms with van der Waals surface area (Å²) in [5.74, 6) is 1.81. The lowest BCUT2D eigenvalue weighted by atomic mass is 9.91. The van der Waals surface area contributed by atoms with Crippen molar-refractivity contribution < 1.29 is 13.7 Å². The normalized spacial score (nSPS) is 12.5. The summed E-state index contributed by atoms with van der Waals surface area (Å²) < 4.78 is 14.4. The van der Waals surface area contributed by atoms with Crippen molar-refractivity contribution in [3.63, 3.8) is 0 Å². The van der Waals surface area contributed by atoms with E-state index in [-0.39, 0.29) is 0 Å². The fraction of sp³-hybridized carbons (Fsp3) is 0.0870. The molecule has 0 amide bonds. The molecule has 0 aliphatic carbocycles. The molecule has 0 saturated carbocycles. The molecular weight excluding hydrogens is 322 g/mol. The largest absolute Gasteiger partial charge is 0.464 e. The summed E-state index contributed by atoms with van der Waals surface area (Å²) in [6.45, 7) is 2.18. The molecule has 3 nitrogen and oxygen atoms in total. The van der Waals surface area contributed by atoms with Crippen molar-refractivity contribution in [1.82, 2.24) is 0 Å². The standard InChI is InChI=1S/C23H16NO2/c1-13-16-6-4-3-5-14(16)11-18-20(13)22-21-17(7-9-24(22)2)23-15(8-10-25-23)12-19(21)26-18/h3-12H,1-2H3/q+1. The van der Waals surface area contributed by atoms with Crippen molar-refractivity contribution in [1.29, 1.82) is 0 Å². The topological polar surface area (TPSA) is 26.2 Å². The molecular formula is C23H16NO2+. The molecule has 0 radical (unpaired) electrons. The molecule has 124 valence electrons. The lowest BCUT2D eigenvalue weighted by Crippen LogP contribution is -2.31. The number of fused-ring (bicyclic) bond motifs is 5. The smallest absolute Gasteiger partial charge is 0.228 e. The zero-order valence-electron chi connectivity index (χ0n) is 14.5. The Kier molecular flexibility index (Phi) is 2.48. The average Bonchev–Trinajstić information content (AvgIpc) is 3.12. The maximum absolute atomic E-state index is 6.42. The third kappa shape index (κ3) is 1.60. The van der Waals surface area contributed by atoms with Gasteiger partial charge in [0.25, 0.3) is 0 Å². The van der Waals surface area contributed by atoms with E-state index in [1.165, 1.54) is 22.0 Å². The van der Waals surface area contributed by atoms with Crippen LogP contribution >= 0.6 is 0 Å². The Morgan fingerprint density at radius 3 is 2.65 bits per heavy atom. The van der Waals surface area contributed by atoms with E-state index < -0.39 is 0 Å². The lowest BCUT2D eigenvalue weighted by molar-refractivity contribution is -0.659. The number of furan rings is 1. The van der Waals surface area contributed by atoms with Gasteiger partial charge in [-0.3, -0.25) is 0 Å². The Balaban J connectivity index is 1.87. The van der Waals surface area contributed by atoms with Gasteiger partial charge >= 0.3 is 0 Å². The van der Waals surface area contributed by atoms with Gasteiger partial charge in [0, 0.05) is 16.8 Å². The van der Waals surface area contributed by atoms with Crippen molar-refractivity contribution in [2.45, 2.75) is 6.92 Å². The molecule has 3 heterocycles. The van der Waals surface area contributed by atoms with Gasteiger partial charge in [0.2, 0.25) is 5.69 Å². The van der Waals surface area contributed by atoms with Gasteiger partial charge in [-0.2, -0.15) is 0 Å². The highest BCUT2D eigenvalue weighted by Gasteiger charge is 2.31. The number of hydrogen-bond donors (Lipinski definition) is 0. The number of hydrogen-bond acceptors (Lipinski definition) is 2. The zero-order chi connectivity index (χ0) is 17.4. The third-order valence-electron chi connectivity index (χ3n) is 5.53. The van der Waals surface area contributed by atoms with E-state index in [9.17, 15) is 0 Å². The molecule has 3 heteroatoms. The second-order valence-electron chi connectivity index (χ2n) is 6.98. The number of aryl methyl sites for hydroxylation is 2. The highest BCUT2D eigenvalue weighted by Crippen LogP contribution is 2.49. The number of pyridine rings is 1. The lowest BCUT2D eigenvalue weighted by Gasteiger charge is -2.22. The molecule has 1 aliphatic rings. The number of nitrogens with zero attached hydrogens (tertiary/aromatic N) is 1. The van der Waals surface area contributed by atoms with Gasteiger partial charge in [-0.15, -0.1) is 0 Å². The highest BCUT2D eigenvalue weighted by atomic mass is 16.5. The van der Waals surface area contributed by atoms with E-state index in [4.69, 9.17) is 9.15 Å². The number of ether oxygens (including phenoxy) is 1. The molecule has 0 unspecified atom stereocenters. The van der Waals surface area contributed by atoms with E-state index in [2.05, 4.69) is 67.2 Å². The quantitative estimate of drug-likeness (QED) is 0.335. The summed E-state index contributed by atoms with van der Waals surface area (Å²) in [6, 6.07) is 16.8. The van der Waals surface area contributed by atoms with Gasteiger partial charge in [-0.25, -0.2) is 4.57 Å². The van der Waals surface area contributed by atoms with E-state index in [1.807, 2.05) is 6.07 Å². The second-order valence-corrected chi connectivity index (χ2v) is 6.98. The SMILES string of the molecule is Cc1c2c(cc3ccccc13)Oc1cc3ccoc3c3cc[n+](C)c-2c13. The fourth-order valence-corrected chi connectivity index (χ4v) is 4.32. The van der Waals surface area contributed by atoms with Crippen molar-refractivity contribution in [2.24, 2.45) is 7.05 Å². The first-order valence-corrected chi connectivity index (χ1v) is 8.75. The molecule has 6 rings (SSSR count). The maximum Gasteiger partial charge on any atom is 0.228 e. The number of aromatic nitrogens is 1. The summed E-state index contributed by atoms with van der Waals surface area (Å²) in [7, 11) is 2.09. The minimum Gasteiger partial charge on any atom is -0.464 e. The van der Waals surface area contributed by atoms with Crippen LogP contribution in [0.4, 0.5) is 0 Å². The number of benzene rings is 3. The van der Waals surface area contributed by atoms with Gasteiger partial charge in [0.1, 0.15) is 29.5 Å². The fourth-order valence-electron chi connectivity index (χ4n) is 4.32. The Hall–Kier alpha value is -3.33. The van der Waals surface area contributed by atoms with Gasteiger partial charge < -0.3 is 9.15 Å². The molecule has 0 bridgehead atoms. The first kappa shape index (κ1) is 13.9. The van der Waals surface area contributed by atoms with E-state index in [0.29, 0.717) is 0 Å². The molecule has 0 spiro atoms. The van der Waals surface area contributed by atoms with E-state index in [0.717, 1.165) is 38.8 Å². The summed E-state index contributed by atoms with van der Waals surface area (Å²) in [5, 5.41) is 5.73. The first-order chi connectivity index (χ1) is 12.7. The summed E-state index contributed by atoms with van der Waals surface area (Å²) in [4.78, 5) is 0. The predicted molar refractivity (Wildman–Crippen MR) is 103 cm³/mol. The molecule has 0 saturated heterocycles. The van der Waals surface area contributed by atoms with Crippen LogP contribution in [0.2, 0.25) is 0 Å². The Morgan fingerprint density at radius 2 is 1.73 bits per heavy atom. The van der Waals surface area contributed by atoms with Crippen molar-refractivity contribution >= 4 is 32.5 Å². The molecule has 3 aromatic carbocycles. The van der Waals surface area contributed by atoms with E-state index >= 15 is 0 Å². The van der Waals surface area contributed by atoms with Crippen molar-refractivity contribution in [3.8, 4) is 22.8 Å². The van der Waals surface area contributed by atoms with Crippen LogP contribution in [0.3, 0.4) is 0 Å². The predicted octanol–water partition coefficient (Wildman–Crippen LogP) is 5.64. The van der Waals surface area contributed by atoms with Gasteiger partial charge in [-0.1, -0.05) is 24.3 Å². The summed E-state index contributed by atoms with van der Waals surface area (Å²) >= 11 is 0. The molecule has 0 N–H and O–H groups in total. The molecule has 1 aliphatic heterocycles. The highest BCUT2D eigenvalue weighted by molar-refractivity contribution is 6.14. The Morgan fingerprint density at radius 1 is 0.885 bits per heavy atom. The third-order valence-corrected chi connectivity index (χ3v) is 5.53. The van der Waals surface area contributed by atoms with Crippen LogP contribution in [0.1, 0.15) is 5.56 Å². The van der Waals surface area contributed by atoms with Crippen LogP contribution in [0, 0.1) is 6.92 Å². The summed E-state index contributed by atoms with van der Waals surface area (Å²) in [5.41, 5.74) is 4.50. The molecule has 0 fully saturated rings.